The molecule has 1 aromatic heterocycles. The smallest absolute Gasteiger partial charge is 0.336 e. The molecule has 5 heteroatoms. The molecule has 5 nitrogen and oxygen atoms in total. The summed E-state index contributed by atoms with van der Waals surface area (Å²) in [4.78, 5) is 15.6. The summed E-state index contributed by atoms with van der Waals surface area (Å²) in [7, 11) is 3.03. The second kappa shape index (κ2) is 6.56. The van der Waals surface area contributed by atoms with Crippen molar-refractivity contribution in [3.8, 4) is 11.5 Å². The number of carbonyl (C=O) groups is 1. The standard InChI is InChI=1S/C16H15NO4/c1-20-14-7-6-11(9-15(14)21-2)13(16(18)19)10-12-5-3-4-8-17-12/h3-10H,1-2H3,(H,18,19)/b13-10+. The third-order valence-corrected chi connectivity index (χ3v) is 2.90. The van der Waals surface area contributed by atoms with Crippen LogP contribution in [0.4, 0.5) is 0 Å². The van der Waals surface area contributed by atoms with E-state index in [1.807, 2.05) is 0 Å². The molecule has 0 radical (unpaired) electrons. The zero-order chi connectivity index (χ0) is 15.2. The number of aliphatic carboxylic acids is 1. The molecule has 0 spiro atoms. The number of aromatic nitrogens is 1. The number of carboxylic acid groups (broad SMARTS) is 1. The summed E-state index contributed by atoms with van der Waals surface area (Å²) < 4.78 is 10.3. The third kappa shape index (κ3) is 3.39. The van der Waals surface area contributed by atoms with E-state index in [0.29, 0.717) is 22.8 Å². The van der Waals surface area contributed by atoms with E-state index in [-0.39, 0.29) is 5.57 Å². The van der Waals surface area contributed by atoms with Gasteiger partial charge in [-0.15, -0.1) is 0 Å². The average Bonchev–Trinajstić information content (AvgIpc) is 2.52. The van der Waals surface area contributed by atoms with E-state index in [2.05, 4.69) is 4.98 Å². The molecular formula is C16H15NO4. The van der Waals surface area contributed by atoms with Gasteiger partial charge in [-0.1, -0.05) is 12.1 Å². The second-order valence-electron chi connectivity index (χ2n) is 4.19. The molecule has 1 N–H and O–H groups in total. The van der Waals surface area contributed by atoms with Crippen molar-refractivity contribution < 1.29 is 19.4 Å². The Morgan fingerprint density at radius 1 is 1.14 bits per heavy atom. The second-order valence-corrected chi connectivity index (χ2v) is 4.19. The molecule has 0 atom stereocenters. The summed E-state index contributed by atoms with van der Waals surface area (Å²) >= 11 is 0. The van der Waals surface area contributed by atoms with Crippen LogP contribution in [-0.2, 0) is 4.79 Å². The molecule has 0 aliphatic carbocycles. The van der Waals surface area contributed by atoms with Crippen molar-refractivity contribution in [2.75, 3.05) is 14.2 Å². The first-order valence-electron chi connectivity index (χ1n) is 6.24. The number of benzene rings is 1. The summed E-state index contributed by atoms with van der Waals surface area (Å²) in [5.41, 5.74) is 1.23. The van der Waals surface area contributed by atoms with Crippen LogP contribution in [0.15, 0.2) is 42.6 Å². The molecule has 0 amide bonds. The van der Waals surface area contributed by atoms with Crippen LogP contribution < -0.4 is 9.47 Å². The molecule has 21 heavy (non-hydrogen) atoms. The predicted octanol–water partition coefficient (Wildman–Crippen LogP) is 2.72. The third-order valence-electron chi connectivity index (χ3n) is 2.90. The van der Waals surface area contributed by atoms with Crippen LogP contribution in [0.25, 0.3) is 11.6 Å². The van der Waals surface area contributed by atoms with Crippen LogP contribution >= 0.6 is 0 Å². The van der Waals surface area contributed by atoms with Crippen LogP contribution in [0, 0.1) is 0 Å². The molecule has 1 aromatic carbocycles. The maximum absolute atomic E-state index is 11.5. The highest BCUT2D eigenvalue weighted by atomic mass is 16.5. The van der Waals surface area contributed by atoms with Gasteiger partial charge in [0, 0.05) is 6.20 Å². The van der Waals surface area contributed by atoms with Gasteiger partial charge in [0.1, 0.15) is 0 Å². The largest absolute Gasteiger partial charge is 0.493 e. The number of hydrogen-bond donors (Lipinski definition) is 1. The Morgan fingerprint density at radius 3 is 2.48 bits per heavy atom. The Bertz CT molecular complexity index is 665. The molecule has 2 aromatic rings. The molecule has 0 aliphatic heterocycles. The molecule has 0 aliphatic rings. The summed E-state index contributed by atoms with van der Waals surface area (Å²) in [6, 6.07) is 10.3. The highest BCUT2D eigenvalue weighted by molar-refractivity contribution is 6.20. The van der Waals surface area contributed by atoms with Crippen molar-refractivity contribution in [3.05, 3.63) is 53.9 Å². The number of rotatable bonds is 5. The quantitative estimate of drug-likeness (QED) is 0.855. The highest BCUT2D eigenvalue weighted by Gasteiger charge is 2.14. The fourth-order valence-electron chi connectivity index (χ4n) is 1.88. The molecule has 0 fully saturated rings. The van der Waals surface area contributed by atoms with Crippen LogP contribution in [0.1, 0.15) is 11.3 Å². The molecule has 2 rings (SSSR count). The van der Waals surface area contributed by atoms with Crippen LogP contribution in [-0.4, -0.2) is 30.3 Å². The number of ether oxygens (including phenoxy) is 2. The first-order chi connectivity index (χ1) is 10.2. The van der Waals surface area contributed by atoms with Gasteiger partial charge in [-0.2, -0.15) is 0 Å². The van der Waals surface area contributed by atoms with E-state index in [1.54, 1.807) is 42.6 Å². The van der Waals surface area contributed by atoms with Gasteiger partial charge in [0.05, 0.1) is 25.5 Å². The SMILES string of the molecule is COc1ccc(/C(=C\c2ccccn2)C(=O)O)cc1OC. The summed E-state index contributed by atoms with van der Waals surface area (Å²) in [6.07, 6.45) is 3.13. The lowest BCUT2D eigenvalue weighted by molar-refractivity contribution is -0.130. The maximum Gasteiger partial charge on any atom is 0.336 e. The van der Waals surface area contributed by atoms with E-state index in [9.17, 15) is 9.90 Å². The van der Waals surface area contributed by atoms with Crippen molar-refractivity contribution in [3.63, 3.8) is 0 Å². The van der Waals surface area contributed by atoms with E-state index >= 15 is 0 Å². The van der Waals surface area contributed by atoms with Crippen molar-refractivity contribution in [1.29, 1.82) is 0 Å². The molecule has 0 unspecified atom stereocenters. The van der Waals surface area contributed by atoms with Crippen LogP contribution in [0.5, 0.6) is 11.5 Å². The van der Waals surface area contributed by atoms with Gasteiger partial charge in [-0.3, -0.25) is 4.98 Å². The molecule has 108 valence electrons. The zero-order valence-corrected chi connectivity index (χ0v) is 11.7. The normalized spacial score (nSPS) is 11.0. The zero-order valence-electron chi connectivity index (χ0n) is 11.7. The number of nitrogens with zero attached hydrogens (tertiary/aromatic N) is 1. The minimum Gasteiger partial charge on any atom is -0.493 e. The summed E-state index contributed by atoms with van der Waals surface area (Å²) in [5.74, 6) is -0.0140. The van der Waals surface area contributed by atoms with Gasteiger partial charge in [0.2, 0.25) is 0 Å². The molecule has 0 saturated heterocycles. The number of hydrogen-bond acceptors (Lipinski definition) is 4. The Balaban J connectivity index is 2.49. The lowest BCUT2D eigenvalue weighted by atomic mass is 10.0. The van der Waals surface area contributed by atoms with Gasteiger partial charge in [0.25, 0.3) is 0 Å². The Kier molecular flexibility index (Phi) is 4.56. The van der Waals surface area contributed by atoms with Crippen molar-refractivity contribution >= 4 is 17.6 Å². The summed E-state index contributed by atoms with van der Waals surface area (Å²) in [6.45, 7) is 0. The van der Waals surface area contributed by atoms with E-state index in [4.69, 9.17) is 9.47 Å². The van der Waals surface area contributed by atoms with Crippen molar-refractivity contribution in [2.45, 2.75) is 0 Å². The topological polar surface area (TPSA) is 68.7 Å². The van der Waals surface area contributed by atoms with Crippen LogP contribution in [0.2, 0.25) is 0 Å². The fraction of sp³-hybridized carbons (Fsp3) is 0.125. The van der Waals surface area contributed by atoms with E-state index in [0.717, 1.165) is 0 Å². The molecule has 1 heterocycles. The van der Waals surface area contributed by atoms with E-state index < -0.39 is 5.97 Å². The van der Waals surface area contributed by atoms with Gasteiger partial charge in [-0.05, 0) is 35.9 Å². The average molecular weight is 285 g/mol. The summed E-state index contributed by atoms with van der Waals surface area (Å²) in [5, 5.41) is 9.41. The van der Waals surface area contributed by atoms with Gasteiger partial charge >= 0.3 is 5.97 Å². The lowest BCUT2D eigenvalue weighted by Gasteiger charge is -2.10. The minimum absolute atomic E-state index is 0.134. The first-order valence-corrected chi connectivity index (χ1v) is 6.24. The molecular weight excluding hydrogens is 270 g/mol. The minimum atomic E-state index is -1.03. The fourth-order valence-corrected chi connectivity index (χ4v) is 1.88. The molecule has 0 saturated carbocycles. The van der Waals surface area contributed by atoms with Gasteiger partial charge in [-0.25, -0.2) is 4.79 Å². The first kappa shape index (κ1) is 14.6. The lowest BCUT2D eigenvalue weighted by Crippen LogP contribution is -2.01. The monoisotopic (exact) mass is 285 g/mol. The maximum atomic E-state index is 11.5. The number of pyridine rings is 1. The Morgan fingerprint density at radius 2 is 1.90 bits per heavy atom. The number of methoxy groups -OCH3 is 2. The number of carboxylic acids is 1. The molecule has 0 bridgehead atoms. The predicted molar refractivity (Wildman–Crippen MR) is 79.3 cm³/mol. The Labute approximate surface area is 122 Å². The van der Waals surface area contributed by atoms with Gasteiger partial charge in [0.15, 0.2) is 11.5 Å². The van der Waals surface area contributed by atoms with Gasteiger partial charge < -0.3 is 14.6 Å². The Hall–Kier alpha value is -2.82. The van der Waals surface area contributed by atoms with Crippen molar-refractivity contribution in [1.82, 2.24) is 4.98 Å². The van der Waals surface area contributed by atoms with E-state index in [1.165, 1.54) is 20.3 Å². The van der Waals surface area contributed by atoms with Crippen molar-refractivity contribution in [2.24, 2.45) is 0 Å². The van der Waals surface area contributed by atoms with Crippen LogP contribution in [0.3, 0.4) is 0 Å². The highest BCUT2D eigenvalue weighted by Crippen LogP contribution is 2.31.